The predicted octanol–water partition coefficient (Wildman–Crippen LogP) is -0.941. The summed E-state index contributed by atoms with van der Waals surface area (Å²) in [7, 11) is 0. The molecule has 0 aromatic heterocycles. The normalized spacial score (nSPS) is 10.7. The van der Waals surface area contributed by atoms with E-state index in [1.54, 1.807) is 0 Å². The third kappa shape index (κ3) is 5.31. The van der Waals surface area contributed by atoms with Crippen LogP contribution in [0.25, 0.3) is 0 Å². The van der Waals surface area contributed by atoms with Crippen LogP contribution in [0.4, 0.5) is 0 Å². The number of carbonyl (C=O) groups is 1. The highest BCUT2D eigenvalue weighted by atomic mass is 17.3. The molecule has 0 unspecified atom stereocenters. The van der Waals surface area contributed by atoms with Crippen LogP contribution in [0.1, 0.15) is 0 Å². The smallest absolute Gasteiger partial charge is 0.249 e. The Kier molecular flexibility index (Phi) is 1.66. The summed E-state index contributed by atoms with van der Waals surface area (Å²) in [4.78, 5) is 12.3. The lowest BCUT2D eigenvalue weighted by Crippen LogP contribution is -2.36. The molecule has 0 heterocycles. The third-order valence-corrected chi connectivity index (χ3v) is 0.184. The van der Waals surface area contributed by atoms with E-state index in [1.165, 1.54) is 0 Å². The van der Waals surface area contributed by atoms with Crippen molar-refractivity contribution in [3.8, 4) is 0 Å². The Labute approximate surface area is 38.2 Å². The molecule has 42 valence electrons. The SMILES string of the molecule is O=CO[N+](O)(O)O. The van der Waals surface area contributed by atoms with Crippen molar-refractivity contribution in [1.82, 2.24) is 0 Å². The van der Waals surface area contributed by atoms with Crippen molar-refractivity contribution in [2.75, 3.05) is 0 Å². The van der Waals surface area contributed by atoms with Gasteiger partial charge in [-0.25, -0.2) is 4.79 Å². The van der Waals surface area contributed by atoms with Gasteiger partial charge in [-0.15, -0.1) is 15.6 Å². The Balaban J connectivity index is 3.34. The number of carbonyl (C=O) groups excluding carboxylic acids is 1. The monoisotopic (exact) mass is 110 g/mol. The number of nitrogens with zero attached hydrogens (tertiary/aromatic N) is 1. The quantitative estimate of drug-likeness (QED) is 0.242. The van der Waals surface area contributed by atoms with Crippen LogP contribution in [0.3, 0.4) is 0 Å². The molecule has 0 aliphatic heterocycles. The van der Waals surface area contributed by atoms with Gasteiger partial charge in [-0.1, -0.05) is 0 Å². The third-order valence-electron chi connectivity index (χ3n) is 0.184. The summed E-state index contributed by atoms with van der Waals surface area (Å²) in [6.45, 7) is -0.319. The van der Waals surface area contributed by atoms with Crippen molar-refractivity contribution in [3.63, 3.8) is 0 Å². The second-order valence-corrected chi connectivity index (χ2v) is 0.715. The van der Waals surface area contributed by atoms with Crippen LogP contribution in [0.15, 0.2) is 0 Å². The van der Waals surface area contributed by atoms with E-state index in [0.29, 0.717) is 0 Å². The lowest BCUT2D eigenvalue weighted by molar-refractivity contribution is -1.47. The molecule has 0 amide bonds. The van der Waals surface area contributed by atoms with Crippen molar-refractivity contribution >= 4 is 6.47 Å². The van der Waals surface area contributed by atoms with Crippen LogP contribution in [0.5, 0.6) is 0 Å². The van der Waals surface area contributed by atoms with Gasteiger partial charge in [0, 0.05) is 0 Å². The Hall–Kier alpha value is -0.690. The van der Waals surface area contributed by atoms with E-state index in [9.17, 15) is 0 Å². The average molecular weight is 110 g/mol. The molecule has 0 bridgehead atoms. The van der Waals surface area contributed by atoms with Gasteiger partial charge < -0.3 is 0 Å². The minimum absolute atomic E-state index is 0.319. The van der Waals surface area contributed by atoms with Gasteiger partial charge in [0.1, 0.15) is 0 Å². The second kappa shape index (κ2) is 1.85. The highest BCUT2D eigenvalue weighted by molar-refractivity contribution is 5.35. The molecular formula is CH4NO5+. The molecule has 7 heavy (non-hydrogen) atoms. The molecule has 0 saturated carbocycles. The topological polar surface area (TPSA) is 87.0 Å². The maximum Gasteiger partial charge on any atom is 0.369 e. The van der Waals surface area contributed by atoms with Crippen LogP contribution in [0, 0.1) is 0 Å². The zero-order valence-electron chi connectivity index (χ0n) is 3.18. The van der Waals surface area contributed by atoms with E-state index in [2.05, 4.69) is 4.84 Å². The summed E-state index contributed by atoms with van der Waals surface area (Å²) in [6.07, 6.45) is 0. The van der Waals surface area contributed by atoms with Crippen molar-refractivity contribution < 1.29 is 30.4 Å². The van der Waals surface area contributed by atoms with E-state index >= 15 is 0 Å². The number of hydrogen-bond donors (Lipinski definition) is 3. The molecule has 0 fully saturated rings. The van der Waals surface area contributed by atoms with Gasteiger partial charge in [0.2, 0.25) is 0 Å². The first kappa shape index (κ1) is 6.31. The lowest BCUT2D eigenvalue weighted by Gasteiger charge is -2.01. The number of hydrogen-bond acceptors (Lipinski definition) is 5. The Bertz CT molecular complexity index is 63.0. The molecule has 3 N–H and O–H groups in total. The van der Waals surface area contributed by atoms with Crippen molar-refractivity contribution in [2.45, 2.75) is 0 Å². The van der Waals surface area contributed by atoms with Gasteiger partial charge in [0.15, 0.2) is 0 Å². The first-order valence-electron chi connectivity index (χ1n) is 1.25. The molecule has 0 rings (SSSR count). The molecule has 0 radical (unpaired) electrons. The first-order valence-corrected chi connectivity index (χ1v) is 1.25. The van der Waals surface area contributed by atoms with Crippen LogP contribution < -0.4 is 0 Å². The maximum atomic E-state index is 9.10. The van der Waals surface area contributed by atoms with E-state index in [4.69, 9.17) is 20.4 Å². The molecule has 6 heteroatoms. The van der Waals surface area contributed by atoms with E-state index in [1.807, 2.05) is 0 Å². The average Bonchev–Trinajstić information content (AvgIpc) is 1.30. The highest BCUT2D eigenvalue weighted by Crippen LogP contribution is 1.82. The Morgan fingerprint density at radius 2 is 1.86 bits per heavy atom. The summed E-state index contributed by atoms with van der Waals surface area (Å²) in [5.74, 6) is 0. The summed E-state index contributed by atoms with van der Waals surface area (Å²) in [6, 6.07) is 0. The maximum absolute atomic E-state index is 9.10. The second-order valence-electron chi connectivity index (χ2n) is 0.715. The van der Waals surface area contributed by atoms with E-state index < -0.39 is 5.14 Å². The summed E-state index contributed by atoms with van der Waals surface area (Å²) in [5, 5.41) is 20.1. The van der Waals surface area contributed by atoms with Gasteiger partial charge in [-0.3, -0.25) is 0 Å². The fourth-order valence-electron chi connectivity index (χ4n) is 0.0577. The van der Waals surface area contributed by atoms with Gasteiger partial charge >= 0.3 is 6.47 Å². The molecule has 0 spiro atoms. The van der Waals surface area contributed by atoms with Crippen LogP contribution in [-0.2, 0) is 9.63 Å². The van der Waals surface area contributed by atoms with Gasteiger partial charge in [-0.05, 0) is 0 Å². The van der Waals surface area contributed by atoms with Crippen molar-refractivity contribution in [1.29, 1.82) is 0 Å². The van der Waals surface area contributed by atoms with Crippen molar-refractivity contribution in [2.24, 2.45) is 0 Å². The van der Waals surface area contributed by atoms with Gasteiger partial charge in [0.25, 0.3) is 5.14 Å². The number of rotatable bonds is 2. The minimum Gasteiger partial charge on any atom is -0.249 e. The highest BCUT2D eigenvalue weighted by Gasteiger charge is 2.18. The zero-order chi connectivity index (χ0) is 5.91. The fraction of sp³-hybridized carbons (Fsp3) is 0. The minimum atomic E-state index is -2.77. The van der Waals surface area contributed by atoms with Crippen LogP contribution in [-0.4, -0.2) is 27.2 Å². The predicted molar refractivity (Wildman–Crippen MR) is 12.8 cm³/mol. The van der Waals surface area contributed by atoms with E-state index in [0.717, 1.165) is 0 Å². The first-order chi connectivity index (χ1) is 3.06. The van der Waals surface area contributed by atoms with E-state index in [-0.39, 0.29) is 6.47 Å². The molecular weight excluding hydrogens is 106 g/mol. The molecule has 0 aromatic rings. The molecule has 0 aliphatic carbocycles. The molecule has 0 aliphatic rings. The molecule has 6 nitrogen and oxygen atoms in total. The van der Waals surface area contributed by atoms with Gasteiger partial charge in [0.05, 0.1) is 0 Å². The Morgan fingerprint density at radius 3 is 1.86 bits per heavy atom. The summed E-state index contributed by atoms with van der Waals surface area (Å²) in [5.41, 5.74) is 0. The van der Waals surface area contributed by atoms with Crippen LogP contribution in [0.2, 0.25) is 0 Å². The molecule has 0 atom stereocenters. The van der Waals surface area contributed by atoms with Crippen molar-refractivity contribution in [3.05, 3.63) is 0 Å². The van der Waals surface area contributed by atoms with Crippen LogP contribution >= 0.6 is 0 Å². The fourth-order valence-corrected chi connectivity index (χ4v) is 0.0577. The zero-order valence-corrected chi connectivity index (χ0v) is 3.18. The standard InChI is InChI=1S/CH4NO5/c3-1-7-2(4,5)6/h1,4-6H/q+1. The summed E-state index contributed by atoms with van der Waals surface area (Å²) < 4.78 is 0. The lowest BCUT2D eigenvalue weighted by atomic mass is 11.6. The molecule has 0 saturated heterocycles. The number of quaternary nitrogens is 1. The summed E-state index contributed by atoms with van der Waals surface area (Å²) >= 11 is 0. The largest absolute Gasteiger partial charge is 0.369 e. The van der Waals surface area contributed by atoms with Gasteiger partial charge in [-0.2, -0.15) is 4.84 Å². The molecule has 0 aromatic carbocycles. The Morgan fingerprint density at radius 1 is 1.43 bits per heavy atom.